The summed E-state index contributed by atoms with van der Waals surface area (Å²) >= 11 is 0. The Morgan fingerprint density at radius 3 is 2.73 bits per heavy atom. The molecule has 0 radical (unpaired) electrons. The minimum absolute atomic E-state index is 0.201. The summed E-state index contributed by atoms with van der Waals surface area (Å²) in [7, 11) is 1.87. The molecule has 8 heteroatoms. The lowest BCUT2D eigenvalue weighted by Crippen LogP contribution is -2.38. The van der Waals surface area contributed by atoms with Gasteiger partial charge < -0.3 is 10.2 Å². The van der Waals surface area contributed by atoms with Crippen molar-refractivity contribution >= 4 is 22.8 Å². The average Bonchev–Trinajstić information content (AvgIpc) is 3.41. The SMILES string of the molecule is Cn1cc2c(N3CCCC3)nc(C(=O)NCCN3CCc4ccccc4C3)nc2n1. The van der Waals surface area contributed by atoms with Crippen LogP contribution in [0.3, 0.4) is 0 Å². The molecule has 3 aromatic rings. The molecule has 1 fully saturated rings. The van der Waals surface area contributed by atoms with Crippen LogP contribution in [0.1, 0.15) is 34.6 Å². The molecule has 8 nitrogen and oxygen atoms in total. The first-order valence-corrected chi connectivity index (χ1v) is 10.7. The molecule has 0 bridgehead atoms. The Morgan fingerprint density at radius 2 is 1.90 bits per heavy atom. The number of carbonyl (C=O) groups is 1. The first-order chi connectivity index (χ1) is 14.7. The van der Waals surface area contributed by atoms with E-state index in [-0.39, 0.29) is 11.7 Å². The monoisotopic (exact) mass is 405 g/mol. The second-order valence-electron chi connectivity index (χ2n) is 8.16. The van der Waals surface area contributed by atoms with E-state index in [4.69, 9.17) is 0 Å². The van der Waals surface area contributed by atoms with Gasteiger partial charge in [-0.2, -0.15) is 5.10 Å². The Bertz CT molecular complexity index is 1070. The molecular weight excluding hydrogens is 378 g/mol. The predicted molar refractivity (Wildman–Crippen MR) is 116 cm³/mol. The van der Waals surface area contributed by atoms with Crippen molar-refractivity contribution in [1.82, 2.24) is 30.0 Å². The van der Waals surface area contributed by atoms with E-state index in [0.717, 1.165) is 63.2 Å². The molecule has 0 unspecified atom stereocenters. The van der Waals surface area contributed by atoms with Crippen molar-refractivity contribution in [3.8, 4) is 0 Å². The standard InChI is InChI=1S/C22H27N7O/c1-27-15-18-19(26-27)24-20(25-21(18)29-10-4-5-11-29)22(30)23-9-13-28-12-8-16-6-2-3-7-17(16)14-28/h2-3,6-7,15H,4-5,8-14H2,1H3,(H,23,30). The van der Waals surface area contributed by atoms with Crippen LogP contribution in [0, 0.1) is 0 Å². The maximum Gasteiger partial charge on any atom is 0.289 e. The zero-order valence-corrected chi connectivity index (χ0v) is 17.3. The molecule has 2 aliphatic rings. The highest BCUT2D eigenvalue weighted by atomic mass is 16.2. The highest BCUT2D eigenvalue weighted by Crippen LogP contribution is 2.26. The summed E-state index contributed by atoms with van der Waals surface area (Å²) < 4.78 is 1.73. The zero-order chi connectivity index (χ0) is 20.5. The number of hydrogen-bond acceptors (Lipinski definition) is 6. The van der Waals surface area contributed by atoms with Gasteiger partial charge in [0.15, 0.2) is 5.65 Å². The summed E-state index contributed by atoms with van der Waals surface area (Å²) in [4.78, 5) is 26.5. The Kier molecular flexibility index (Phi) is 5.08. The summed E-state index contributed by atoms with van der Waals surface area (Å²) in [6.45, 7) is 5.25. The molecule has 1 amide bonds. The number of rotatable bonds is 5. The second-order valence-corrected chi connectivity index (χ2v) is 8.16. The van der Waals surface area contributed by atoms with E-state index in [1.807, 2.05) is 13.2 Å². The Balaban J connectivity index is 1.26. The number of hydrogen-bond donors (Lipinski definition) is 1. The average molecular weight is 406 g/mol. The molecule has 156 valence electrons. The van der Waals surface area contributed by atoms with Gasteiger partial charge in [0.05, 0.1) is 5.39 Å². The first kappa shape index (κ1) is 19.0. The van der Waals surface area contributed by atoms with Crippen molar-refractivity contribution in [1.29, 1.82) is 0 Å². The van der Waals surface area contributed by atoms with Gasteiger partial charge in [-0.25, -0.2) is 9.97 Å². The van der Waals surface area contributed by atoms with Crippen molar-refractivity contribution in [2.45, 2.75) is 25.8 Å². The van der Waals surface area contributed by atoms with E-state index in [1.54, 1.807) is 4.68 Å². The lowest BCUT2D eigenvalue weighted by molar-refractivity contribution is 0.0937. The van der Waals surface area contributed by atoms with Gasteiger partial charge in [-0.15, -0.1) is 0 Å². The Labute approximate surface area is 175 Å². The van der Waals surface area contributed by atoms with Gasteiger partial charge in [-0.1, -0.05) is 24.3 Å². The summed E-state index contributed by atoms with van der Waals surface area (Å²) in [6, 6.07) is 8.59. The number of nitrogens with zero attached hydrogens (tertiary/aromatic N) is 6. The molecule has 0 spiro atoms. The fraction of sp³-hybridized carbons (Fsp3) is 0.455. The molecule has 30 heavy (non-hydrogen) atoms. The van der Waals surface area contributed by atoms with Crippen LogP contribution in [0.4, 0.5) is 5.82 Å². The minimum atomic E-state index is -0.236. The van der Waals surface area contributed by atoms with Crippen LogP contribution in [0.15, 0.2) is 30.5 Å². The number of aromatic nitrogens is 4. The predicted octanol–water partition coefficient (Wildman–Crippen LogP) is 1.75. The molecule has 4 heterocycles. The van der Waals surface area contributed by atoms with E-state index in [9.17, 15) is 4.79 Å². The molecule has 2 aromatic heterocycles. The smallest absolute Gasteiger partial charge is 0.289 e. The normalized spacial score (nSPS) is 16.8. The summed E-state index contributed by atoms with van der Waals surface area (Å²) in [5.74, 6) is 0.788. The third-order valence-electron chi connectivity index (χ3n) is 6.01. The van der Waals surface area contributed by atoms with Crippen molar-refractivity contribution < 1.29 is 4.79 Å². The fourth-order valence-corrected chi connectivity index (χ4v) is 4.43. The highest BCUT2D eigenvalue weighted by Gasteiger charge is 2.22. The molecule has 2 aliphatic heterocycles. The van der Waals surface area contributed by atoms with Crippen LogP contribution in [0.5, 0.6) is 0 Å². The molecule has 1 N–H and O–H groups in total. The lowest BCUT2D eigenvalue weighted by Gasteiger charge is -2.28. The molecular formula is C22H27N7O. The highest BCUT2D eigenvalue weighted by molar-refractivity contribution is 5.95. The number of aryl methyl sites for hydroxylation is 1. The van der Waals surface area contributed by atoms with Gasteiger partial charge in [0, 0.05) is 52.5 Å². The number of fused-ring (bicyclic) bond motifs is 2. The van der Waals surface area contributed by atoms with Gasteiger partial charge in [0.2, 0.25) is 5.82 Å². The topological polar surface area (TPSA) is 79.2 Å². The maximum atomic E-state index is 12.8. The maximum absolute atomic E-state index is 12.8. The molecule has 0 saturated carbocycles. The van der Waals surface area contributed by atoms with Gasteiger partial charge >= 0.3 is 0 Å². The van der Waals surface area contributed by atoms with E-state index < -0.39 is 0 Å². The quantitative estimate of drug-likeness (QED) is 0.697. The number of anilines is 1. The van der Waals surface area contributed by atoms with Gasteiger partial charge in [-0.05, 0) is 30.4 Å². The number of benzene rings is 1. The van der Waals surface area contributed by atoms with Gasteiger partial charge in [0.1, 0.15) is 5.82 Å². The Hall–Kier alpha value is -3.00. The van der Waals surface area contributed by atoms with Crippen LogP contribution in [-0.4, -0.2) is 63.3 Å². The van der Waals surface area contributed by atoms with Crippen molar-refractivity contribution in [2.24, 2.45) is 7.05 Å². The van der Waals surface area contributed by atoms with E-state index in [2.05, 4.69) is 54.4 Å². The largest absolute Gasteiger partial charge is 0.356 e. The molecule has 0 atom stereocenters. The molecule has 1 aromatic carbocycles. The fourth-order valence-electron chi connectivity index (χ4n) is 4.43. The molecule has 0 aliphatic carbocycles. The van der Waals surface area contributed by atoms with Gasteiger partial charge in [0.25, 0.3) is 5.91 Å². The number of amides is 1. The van der Waals surface area contributed by atoms with Crippen molar-refractivity contribution in [2.75, 3.05) is 37.6 Å². The van der Waals surface area contributed by atoms with Crippen molar-refractivity contribution in [3.05, 3.63) is 47.4 Å². The lowest BCUT2D eigenvalue weighted by atomic mass is 10.00. The minimum Gasteiger partial charge on any atom is -0.356 e. The van der Waals surface area contributed by atoms with Crippen molar-refractivity contribution in [3.63, 3.8) is 0 Å². The first-order valence-electron chi connectivity index (χ1n) is 10.7. The van der Waals surface area contributed by atoms with E-state index in [1.165, 1.54) is 11.1 Å². The third-order valence-corrected chi connectivity index (χ3v) is 6.01. The third kappa shape index (κ3) is 3.75. The number of nitrogens with one attached hydrogen (secondary N) is 1. The van der Waals surface area contributed by atoms with Crippen LogP contribution < -0.4 is 10.2 Å². The second kappa shape index (κ2) is 8.02. The van der Waals surface area contributed by atoms with Crippen LogP contribution in [0.2, 0.25) is 0 Å². The molecule has 1 saturated heterocycles. The van der Waals surface area contributed by atoms with Crippen LogP contribution in [0.25, 0.3) is 11.0 Å². The molecule has 5 rings (SSSR count). The summed E-state index contributed by atoms with van der Waals surface area (Å²) in [5, 5.41) is 8.32. The number of carbonyl (C=O) groups excluding carboxylic acids is 1. The van der Waals surface area contributed by atoms with E-state index >= 15 is 0 Å². The van der Waals surface area contributed by atoms with Crippen LogP contribution >= 0.6 is 0 Å². The zero-order valence-electron chi connectivity index (χ0n) is 17.3. The van der Waals surface area contributed by atoms with Crippen LogP contribution in [-0.2, 0) is 20.0 Å². The summed E-state index contributed by atoms with van der Waals surface area (Å²) in [5.41, 5.74) is 3.39. The van der Waals surface area contributed by atoms with E-state index in [0.29, 0.717) is 12.2 Å². The Morgan fingerprint density at radius 1 is 1.10 bits per heavy atom. The van der Waals surface area contributed by atoms with Gasteiger partial charge in [-0.3, -0.25) is 14.4 Å². The summed E-state index contributed by atoms with van der Waals surface area (Å²) in [6.07, 6.45) is 5.28.